The Hall–Kier alpha value is -1.46. The monoisotopic (exact) mass is 481 g/mol. The highest BCUT2D eigenvalue weighted by atomic mass is 35.5. The average Bonchev–Trinajstić information content (AvgIpc) is 3.44. The largest absolute Gasteiger partial charge is 0.492 e. The summed E-state index contributed by atoms with van der Waals surface area (Å²) in [6, 6.07) is 12.4. The SMILES string of the molecule is Cl.O=C(O)CCN1CCC2(CC1)COc1cc(C3CC3c3c(Cl)cccc3Cl)ccc12. The molecule has 1 N–H and O–H groups in total. The van der Waals surface area contributed by atoms with Gasteiger partial charge in [0, 0.05) is 27.6 Å². The number of likely N-dealkylation sites (tertiary alicyclic amines) is 1. The third-order valence-corrected chi connectivity index (χ3v) is 7.78. The van der Waals surface area contributed by atoms with Gasteiger partial charge in [0.15, 0.2) is 0 Å². The molecule has 2 unspecified atom stereocenters. The number of carboxylic acid groups (broad SMARTS) is 1. The van der Waals surface area contributed by atoms with Crippen LogP contribution in [0.2, 0.25) is 10.0 Å². The first-order chi connectivity index (χ1) is 14.5. The van der Waals surface area contributed by atoms with E-state index in [9.17, 15) is 4.79 Å². The quantitative estimate of drug-likeness (QED) is 0.577. The number of rotatable bonds is 5. The summed E-state index contributed by atoms with van der Waals surface area (Å²) in [5.74, 6) is 1.10. The third-order valence-electron chi connectivity index (χ3n) is 7.13. The Morgan fingerprint density at radius 1 is 1.13 bits per heavy atom. The highest BCUT2D eigenvalue weighted by Crippen LogP contribution is 2.59. The minimum atomic E-state index is -0.728. The fourth-order valence-corrected chi connectivity index (χ4v) is 5.92. The zero-order valence-electron chi connectivity index (χ0n) is 17.2. The van der Waals surface area contributed by atoms with Crippen LogP contribution in [0.1, 0.15) is 54.2 Å². The normalized spacial score (nSPS) is 23.7. The van der Waals surface area contributed by atoms with Crippen LogP contribution >= 0.6 is 35.6 Å². The second-order valence-electron chi connectivity index (χ2n) is 8.89. The van der Waals surface area contributed by atoms with Crippen molar-refractivity contribution in [1.29, 1.82) is 0 Å². The van der Waals surface area contributed by atoms with Crippen molar-refractivity contribution in [2.45, 2.75) is 42.9 Å². The topological polar surface area (TPSA) is 49.8 Å². The van der Waals surface area contributed by atoms with Gasteiger partial charge in [-0.05, 0) is 73.5 Å². The van der Waals surface area contributed by atoms with Gasteiger partial charge in [-0.3, -0.25) is 4.79 Å². The Kier molecular flexibility index (Phi) is 6.47. The van der Waals surface area contributed by atoms with Gasteiger partial charge >= 0.3 is 5.97 Å². The molecule has 1 spiro atoms. The van der Waals surface area contributed by atoms with Crippen molar-refractivity contribution in [1.82, 2.24) is 4.90 Å². The molecule has 0 radical (unpaired) electrons. The second kappa shape index (κ2) is 8.82. The minimum Gasteiger partial charge on any atom is -0.492 e. The van der Waals surface area contributed by atoms with Crippen molar-refractivity contribution in [3.05, 3.63) is 63.1 Å². The van der Waals surface area contributed by atoms with E-state index in [4.69, 9.17) is 33.0 Å². The van der Waals surface area contributed by atoms with Crippen LogP contribution in [0, 0.1) is 0 Å². The van der Waals surface area contributed by atoms with Crippen molar-refractivity contribution >= 4 is 41.6 Å². The number of carboxylic acids is 1. The molecule has 2 aromatic carbocycles. The predicted molar refractivity (Wildman–Crippen MR) is 125 cm³/mol. The number of halogens is 3. The van der Waals surface area contributed by atoms with Crippen molar-refractivity contribution in [2.24, 2.45) is 0 Å². The van der Waals surface area contributed by atoms with Gasteiger partial charge in [0.1, 0.15) is 5.75 Å². The van der Waals surface area contributed by atoms with E-state index in [1.165, 1.54) is 11.1 Å². The molecule has 0 amide bonds. The van der Waals surface area contributed by atoms with Crippen LogP contribution in [-0.4, -0.2) is 42.2 Å². The number of fused-ring (bicyclic) bond motifs is 2. The van der Waals surface area contributed by atoms with Crippen LogP contribution in [0.25, 0.3) is 0 Å². The van der Waals surface area contributed by atoms with E-state index >= 15 is 0 Å². The molecule has 7 heteroatoms. The van der Waals surface area contributed by atoms with E-state index in [-0.39, 0.29) is 24.2 Å². The van der Waals surface area contributed by atoms with Gasteiger partial charge < -0.3 is 14.7 Å². The predicted octanol–water partition coefficient (Wildman–Crippen LogP) is 5.89. The van der Waals surface area contributed by atoms with Crippen molar-refractivity contribution in [2.75, 3.05) is 26.2 Å². The summed E-state index contributed by atoms with van der Waals surface area (Å²) in [7, 11) is 0. The highest BCUT2D eigenvalue weighted by Gasteiger charge is 2.45. The summed E-state index contributed by atoms with van der Waals surface area (Å²) in [4.78, 5) is 13.1. The Morgan fingerprint density at radius 3 is 2.52 bits per heavy atom. The summed E-state index contributed by atoms with van der Waals surface area (Å²) >= 11 is 12.8. The Morgan fingerprint density at radius 2 is 1.84 bits per heavy atom. The van der Waals surface area contributed by atoms with E-state index < -0.39 is 5.97 Å². The van der Waals surface area contributed by atoms with Gasteiger partial charge in [-0.2, -0.15) is 0 Å². The van der Waals surface area contributed by atoms with Crippen LogP contribution in [0.15, 0.2) is 36.4 Å². The minimum absolute atomic E-state index is 0. The Bertz CT molecular complexity index is 968. The number of carbonyl (C=O) groups is 1. The smallest absolute Gasteiger partial charge is 0.304 e. The van der Waals surface area contributed by atoms with Gasteiger partial charge in [-0.1, -0.05) is 41.4 Å². The van der Waals surface area contributed by atoms with E-state index in [0.717, 1.165) is 60.3 Å². The number of nitrogens with zero attached hydrogens (tertiary/aromatic N) is 1. The zero-order chi connectivity index (χ0) is 20.9. The molecule has 31 heavy (non-hydrogen) atoms. The molecule has 0 bridgehead atoms. The van der Waals surface area contributed by atoms with E-state index in [0.29, 0.717) is 18.4 Å². The summed E-state index contributed by atoms with van der Waals surface area (Å²) in [5.41, 5.74) is 3.75. The molecule has 2 aliphatic heterocycles. The first kappa shape index (κ1) is 22.7. The summed E-state index contributed by atoms with van der Waals surface area (Å²) in [6.07, 6.45) is 3.30. The van der Waals surface area contributed by atoms with E-state index in [2.05, 4.69) is 23.1 Å². The molecule has 2 atom stereocenters. The molecule has 166 valence electrons. The third kappa shape index (κ3) is 4.28. The molecule has 1 saturated heterocycles. The summed E-state index contributed by atoms with van der Waals surface area (Å²) in [6.45, 7) is 3.20. The maximum atomic E-state index is 10.8. The molecule has 5 rings (SSSR count). The van der Waals surface area contributed by atoms with Gasteiger partial charge in [0.25, 0.3) is 0 Å². The standard InChI is InChI=1S/C24H25Cl2NO3.ClH/c25-19-2-1-3-20(26)23(19)17-13-16(17)15-4-5-18-21(12-15)30-14-24(18)7-10-27(11-8-24)9-6-22(28)29;/h1-5,12,16-17H,6-11,13-14H2,(H,28,29);1H. The summed E-state index contributed by atoms with van der Waals surface area (Å²) in [5, 5.41) is 10.4. The molecular weight excluding hydrogens is 457 g/mol. The highest BCUT2D eigenvalue weighted by molar-refractivity contribution is 6.36. The number of aliphatic carboxylic acids is 1. The van der Waals surface area contributed by atoms with E-state index in [1.54, 1.807) is 0 Å². The van der Waals surface area contributed by atoms with Gasteiger partial charge in [0.2, 0.25) is 0 Å². The number of hydrogen-bond acceptors (Lipinski definition) is 3. The molecule has 3 aliphatic rings. The maximum absolute atomic E-state index is 10.8. The Balaban J connectivity index is 0.00000231. The second-order valence-corrected chi connectivity index (χ2v) is 9.71. The van der Waals surface area contributed by atoms with Gasteiger partial charge in [-0.25, -0.2) is 0 Å². The number of benzene rings is 2. The summed E-state index contributed by atoms with van der Waals surface area (Å²) < 4.78 is 6.17. The van der Waals surface area contributed by atoms with Gasteiger partial charge in [-0.15, -0.1) is 12.4 Å². The maximum Gasteiger partial charge on any atom is 0.304 e. The number of ether oxygens (including phenoxy) is 1. The van der Waals surface area contributed by atoms with Crippen LogP contribution in [0.5, 0.6) is 5.75 Å². The first-order valence-electron chi connectivity index (χ1n) is 10.6. The van der Waals surface area contributed by atoms with Crippen LogP contribution < -0.4 is 4.74 Å². The molecule has 0 aromatic heterocycles. The van der Waals surface area contributed by atoms with E-state index in [1.807, 2.05) is 18.2 Å². The zero-order valence-corrected chi connectivity index (χ0v) is 19.5. The molecule has 1 saturated carbocycles. The van der Waals surface area contributed by atoms with Crippen LogP contribution in [0.4, 0.5) is 0 Å². The lowest BCUT2D eigenvalue weighted by atomic mass is 9.74. The first-order valence-corrected chi connectivity index (χ1v) is 11.4. The van der Waals surface area contributed by atoms with Crippen molar-refractivity contribution < 1.29 is 14.6 Å². The molecule has 2 fully saturated rings. The number of hydrogen-bond donors (Lipinski definition) is 1. The molecule has 2 aromatic rings. The number of piperidine rings is 1. The molecule has 1 aliphatic carbocycles. The van der Waals surface area contributed by atoms with Crippen LogP contribution in [0.3, 0.4) is 0 Å². The average molecular weight is 483 g/mol. The fraction of sp³-hybridized carbons (Fsp3) is 0.458. The Labute approximate surface area is 198 Å². The fourth-order valence-electron chi connectivity index (χ4n) is 5.24. The van der Waals surface area contributed by atoms with Crippen molar-refractivity contribution in [3.63, 3.8) is 0 Å². The lowest BCUT2D eigenvalue weighted by molar-refractivity contribution is -0.137. The van der Waals surface area contributed by atoms with Gasteiger partial charge in [0.05, 0.1) is 13.0 Å². The molecule has 4 nitrogen and oxygen atoms in total. The molecule has 2 heterocycles. The van der Waals surface area contributed by atoms with Crippen molar-refractivity contribution in [3.8, 4) is 5.75 Å². The lowest BCUT2D eigenvalue weighted by Gasteiger charge is -2.38. The van der Waals surface area contributed by atoms with Crippen LogP contribution in [-0.2, 0) is 10.2 Å². The lowest BCUT2D eigenvalue weighted by Crippen LogP contribution is -2.44. The molecular formula is C24H26Cl3NO3.